The summed E-state index contributed by atoms with van der Waals surface area (Å²) in [5, 5.41) is 16.9. The molecule has 0 saturated heterocycles. The van der Waals surface area contributed by atoms with Crippen molar-refractivity contribution in [3.63, 3.8) is 0 Å². The second kappa shape index (κ2) is 8.02. The highest BCUT2D eigenvalue weighted by molar-refractivity contribution is 9.10. The van der Waals surface area contributed by atoms with Crippen molar-refractivity contribution in [1.82, 2.24) is 5.32 Å². The highest BCUT2D eigenvalue weighted by atomic mass is 79.9. The maximum atomic E-state index is 8.57. The van der Waals surface area contributed by atoms with Gasteiger partial charge < -0.3 is 21.0 Å². The third kappa shape index (κ3) is 5.04. The molecule has 5 nitrogen and oxygen atoms in total. The largest absolute Gasteiger partial charge is 0.492 e. The highest BCUT2D eigenvalue weighted by Crippen LogP contribution is 2.19. The van der Waals surface area contributed by atoms with Crippen LogP contribution < -0.4 is 15.8 Å². The molecular weight excluding hydrogens is 354 g/mol. The molecule has 4 N–H and O–H groups in total. The van der Waals surface area contributed by atoms with Gasteiger partial charge in [0.2, 0.25) is 0 Å². The number of thiophene rings is 1. The normalized spacial score (nSPS) is 11.6. The average molecular weight is 370 g/mol. The molecule has 0 radical (unpaired) electrons. The van der Waals surface area contributed by atoms with Crippen molar-refractivity contribution in [2.45, 2.75) is 6.54 Å². The van der Waals surface area contributed by atoms with Crippen molar-refractivity contribution in [3.05, 3.63) is 50.6 Å². The summed E-state index contributed by atoms with van der Waals surface area (Å²) in [6.07, 6.45) is 0. The Bertz CT molecular complexity index is 599. The van der Waals surface area contributed by atoms with E-state index in [1.165, 1.54) is 4.88 Å². The molecule has 112 valence electrons. The van der Waals surface area contributed by atoms with E-state index in [1.807, 2.05) is 0 Å². The van der Waals surface area contributed by atoms with E-state index in [4.69, 9.17) is 15.7 Å². The van der Waals surface area contributed by atoms with Crippen LogP contribution in [0.3, 0.4) is 0 Å². The van der Waals surface area contributed by atoms with E-state index in [-0.39, 0.29) is 5.84 Å². The van der Waals surface area contributed by atoms with Crippen LogP contribution in [0.4, 0.5) is 0 Å². The summed E-state index contributed by atoms with van der Waals surface area (Å²) >= 11 is 5.15. The number of nitrogens with two attached hydrogens (primary N) is 1. The lowest BCUT2D eigenvalue weighted by Crippen LogP contribution is -2.20. The Morgan fingerprint density at radius 2 is 2.14 bits per heavy atom. The highest BCUT2D eigenvalue weighted by Gasteiger charge is 2.00. The molecule has 0 fully saturated rings. The van der Waals surface area contributed by atoms with Gasteiger partial charge in [-0.3, -0.25) is 0 Å². The van der Waals surface area contributed by atoms with Gasteiger partial charge in [-0.25, -0.2) is 0 Å². The first kappa shape index (κ1) is 15.8. The van der Waals surface area contributed by atoms with Crippen molar-refractivity contribution >= 4 is 33.1 Å². The summed E-state index contributed by atoms with van der Waals surface area (Å²) < 4.78 is 6.72. The van der Waals surface area contributed by atoms with Gasteiger partial charge in [0.05, 0.1) is 0 Å². The number of rotatable bonds is 7. The number of hydrogen-bond acceptors (Lipinski definition) is 5. The minimum atomic E-state index is 0.0883. The third-order valence-electron chi connectivity index (χ3n) is 2.73. The molecule has 0 aliphatic heterocycles. The van der Waals surface area contributed by atoms with Crippen LogP contribution in [0.2, 0.25) is 0 Å². The number of oxime groups is 1. The Hall–Kier alpha value is -1.57. The lowest BCUT2D eigenvalue weighted by Gasteiger charge is -2.07. The molecule has 0 bridgehead atoms. The van der Waals surface area contributed by atoms with Crippen LogP contribution in [0.5, 0.6) is 5.75 Å². The number of nitrogens with zero attached hydrogens (tertiary/aromatic N) is 1. The second-order valence-electron chi connectivity index (χ2n) is 4.27. The Balaban J connectivity index is 1.69. The number of ether oxygens (including phenoxy) is 1. The molecule has 0 aliphatic rings. The topological polar surface area (TPSA) is 79.9 Å². The molecule has 0 saturated carbocycles. The van der Waals surface area contributed by atoms with Gasteiger partial charge in [-0.2, -0.15) is 0 Å². The summed E-state index contributed by atoms with van der Waals surface area (Å²) in [7, 11) is 0. The van der Waals surface area contributed by atoms with Crippen LogP contribution >= 0.6 is 27.3 Å². The first-order valence-corrected chi connectivity index (χ1v) is 8.00. The molecule has 2 aromatic rings. The maximum Gasteiger partial charge on any atom is 0.170 e. The Morgan fingerprint density at radius 1 is 1.38 bits per heavy atom. The van der Waals surface area contributed by atoms with E-state index in [0.717, 1.165) is 23.3 Å². The molecule has 0 spiro atoms. The van der Waals surface area contributed by atoms with E-state index in [1.54, 1.807) is 35.6 Å². The lowest BCUT2D eigenvalue weighted by molar-refractivity contribution is 0.313. The molecule has 1 aromatic heterocycles. The van der Waals surface area contributed by atoms with Gasteiger partial charge in [-0.15, -0.1) is 11.3 Å². The zero-order valence-corrected chi connectivity index (χ0v) is 13.7. The molecule has 1 aromatic carbocycles. The van der Waals surface area contributed by atoms with Crippen LogP contribution in [-0.2, 0) is 6.54 Å². The third-order valence-corrected chi connectivity index (χ3v) is 4.42. The fourth-order valence-corrected chi connectivity index (χ4v) is 3.10. The van der Waals surface area contributed by atoms with Crippen LogP contribution in [0.1, 0.15) is 10.4 Å². The predicted octanol–water partition coefficient (Wildman–Crippen LogP) is 2.77. The molecule has 7 heteroatoms. The quantitative estimate of drug-likeness (QED) is 0.230. The SMILES string of the molecule is NC(=NO)c1ccc(OCCNCc2cc(Br)cs2)cc1. The van der Waals surface area contributed by atoms with Gasteiger partial charge in [0.25, 0.3) is 0 Å². The van der Waals surface area contributed by atoms with Crippen LogP contribution in [0, 0.1) is 0 Å². The summed E-state index contributed by atoms with van der Waals surface area (Å²) in [5.74, 6) is 0.843. The zero-order chi connectivity index (χ0) is 15.1. The molecule has 0 aliphatic carbocycles. The van der Waals surface area contributed by atoms with E-state index >= 15 is 0 Å². The molecule has 2 rings (SSSR count). The first-order valence-electron chi connectivity index (χ1n) is 6.33. The van der Waals surface area contributed by atoms with Gasteiger partial charge in [0, 0.05) is 33.4 Å². The summed E-state index contributed by atoms with van der Waals surface area (Å²) in [5.41, 5.74) is 6.15. The number of amidine groups is 1. The molecule has 21 heavy (non-hydrogen) atoms. The summed E-state index contributed by atoms with van der Waals surface area (Å²) in [6.45, 7) is 2.18. The minimum Gasteiger partial charge on any atom is -0.492 e. The monoisotopic (exact) mass is 369 g/mol. The van der Waals surface area contributed by atoms with Crippen molar-refractivity contribution < 1.29 is 9.94 Å². The molecule has 0 unspecified atom stereocenters. The fraction of sp³-hybridized carbons (Fsp3) is 0.214. The van der Waals surface area contributed by atoms with Gasteiger partial charge in [0.15, 0.2) is 5.84 Å². The van der Waals surface area contributed by atoms with E-state index in [2.05, 4.69) is 37.8 Å². The van der Waals surface area contributed by atoms with Crippen molar-refractivity contribution in [2.24, 2.45) is 10.9 Å². The van der Waals surface area contributed by atoms with E-state index in [9.17, 15) is 0 Å². The average Bonchev–Trinajstić information content (AvgIpc) is 2.92. The summed E-state index contributed by atoms with van der Waals surface area (Å²) in [4.78, 5) is 1.28. The van der Waals surface area contributed by atoms with Gasteiger partial charge in [-0.1, -0.05) is 5.16 Å². The van der Waals surface area contributed by atoms with Gasteiger partial charge >= 0.3 is 0 Å². The predicted molar refractivity (Wildman–Crippen MR) is 88.2 cm³/mol. The standard InChI is InChI=1S/C14H16BrN3O2S/c15-11-7-13(21-9-11)8-17-5-6-20-12-3-1-10(2-4-12)14(16)18-19/h1-4,7,9,17,19H,5-6,8H2,(H2,16,18). The van der Waals surface area contributed by atoms with Crippen molar-refractivity contribution in [1.29, 1.82) is 0 Å². The molecule has 1 heterocycles. The minimum absolute atomic E-state index is 0.0883. The first-order chi connectivity index (χ1) is 10.2. The lowest BCUT2D eigenvalue weighted by atomic mass is 10.2. The van der Waals surface area contributed by atoms with Crippen LogP contribution in [-0.4, -0.2) is 24.2 Å². The van der Waals surface area contributed by atoms with Crippen molar-refractivity contribution in [2.75, 3.05) is 13.2 Å². The summed E-state index contributed by atoms with van der Waals surface area (Å²) in [6, 6.07) is 9.19. The number of nitrogens with one attached hydrogen (secondary N) is 1. The fourth-order valence-electron chi connectivity index (χ4n) is 1.68. The molecular formula is C14H16BrN3O2S. The Labute approximate surface area is 135 Å². The van der Waals surface area contributed by atoms with Crippen LogP contribution in [0.25, 0.3) is 0 Å². The van der Waals surface area contributed by atoms with Crippen LogP contribution in [0.15, 0.2) is 45.3 Å². The van der Waals surface area contributed by atoms with E-state index in [0.29, 0.717) is 12.2 Å². The molecule has 0 atom stereocenters. The molecule has 0 amide bonds. The second-order valence-corrected chi connectivity index (χ2v) is 6.18. The number of hydrogen-bond donors (Lipinski definition) is 3. The van der Waals surface area contributed by atoms with E-state index < -0.39 is 0 Å². The van der Waals surface area contributed by atoms with Gasteiger partial charge in [-0.05, 0) is 46.3 Å². The smallest absolute Gasteiger partial charge is 0.170 e. The maximum absolute atomic E-state index is 8.57. The Kier molecular flexibility index (Phi) is 6.04. The van der Waals surface area contributed by atoms with Gasteiger partial charge in [0.1, 0.15) is 12.4 Å². The van der Waals surface area contributed by atoms with Crippen molar-refractivity contribution in [3.8, 4) is 5.75 Å². The number of halogens is 1. The number of benzene rings is 1. The Morgan fingerprint density at radius 3 is 2.76 bits per heavy atom. The zero-order valence-electron chi connectivity index (χ0n) is 11.3.